The summed E-state index contributed by atoms with van der Waals surface area (Å²) in [7, 11) is 0. The van der Waals surface area contributed by atoms with Crippen molar-refractivity contribution in [1.82, 2.24) is 4.90 Å². The van der Waals surface area contributed by atoms with Gasteiger partial charge in [0.05, 0.1) is 30.9 Å². The minimum atomic E-state index is -1.48. The van der Waals surface area contributed by atoms with E-state index < -0.39 is 58.5 Å². The number of ether oxygens (including phenoxy) is 2. The summed E-state index contributed by atoms with van der Waals surface area (Å²) in [5, 5.41) is 0. The fourth-order valence-electron chi connectivity index (χ4n) is 3.70. The molecule has 0 N–H and O–H groups in total. The van der Waals surface area contributed by atoms with Gasteiger partial charge in [-0.2, -0.15) is 0 Å². The number of hydrogen-bond acceptors (Lipinski definition) is 4. The molecule has 2 aliphatic heterocycles. The zero-order valence-electron chi connectivity index (χ0n) is 15.4. The number of nitrogens with zero attached hydrogens (tertiary/aromatic N) is 1. The number of benzene rings is 1. The molecule has 0 aromatic heterocycles. The summed E-state index contributed by atoms with van der Waals surface area (Å²) in [6.07, 6.45) is -0.164. The van der Waals surface area contributed by atoms with E-state index in [1.165, 1.54) is 0 Å². The number of halogens is 3. The number of carbonyl (C=O) groups is 2. The van der Waals surface area contributed by atoms with Crippen molar-refractivity contribution in [2.45, 2.75) is 51.3 Å². The van der Waals surface area contributed by atoms with E-state index in [0.29, 0.717) is 6.07 Å². The van der Waals surface area contributed by atoms with E-state index in [1.807, 2.05) is 0 Å². The molecule has 8 heteroatoms. The van der Waals surface area contributed by atoms with E-state index in [-0.39, 0.29) is 26.1 Å². The smallest absolute Gasteiger partial charge is 0.410 e. The summed E-state index contributed by atoms with van der Waals surface area (Å²) >= 11 is 0. The highest BCUT2D eigenvalue weighted by molar-refractivity contribution is 5.98. The molecule has 148 valence electrons. The molecule has 0 saturated carbocycles. The normalized spacial score (nSPS) is 25.3. The Labute approximate surface area is 155 Å². The maximum Gasteiger partial charge on any atom is 0.410 e. The number of amides is 1. The van der Waals surface area contributed by atoms with E-state index in [9.17, 15) is 22.8 Å². The Hall–Kier alpha value is -2.09. The second-order valence-corrected chi connectivity index (χ2v) is 7.98. The summed E-state index contributed by atoms with van der Waals surface area (Å²) in [6.45, 7) is 5.66. The van der Waals surface area contributed by atoms with Crippen molar-refractivity contribution in [1.29, 1.82) is 0 Å². The molecule has 3 rings (SSSR count). The number of morpholine rings is 1. The molecule has 2 aliphatic rings. The van der Waals surface area contributed by atoms with Crippen LogP contribution in [0.3, 0.4) is 0 Å². The molecule has 1 amide bonds. The van der Waals surface area contributed by atoms with Gasteiger partial charge in [-0.25, -0.2) is 18.0 Å². The monoisotopic (exact) mass is 385 g/mol. The second kappa shape index (κ2) is 7.14. The number of hydrogen-bond donors (Lipinski definition) is 0. The van der Waals surface area contributed by atoms with Crippen LogP contribution in [0.25, 0.3) is 0 Å². The quantitative estimate of drug-likeness (QED) is 0.575. The van der Waals surface area contributed by atoms with Crippen molar-refractivity contribution in [3.63, 3.8) is 0 Å². The molecule has 2 saturated heterocycles. The first-order valence-electron chi connectivity index (χ1n) is 8.85. The number of carbonyl (C=O) groups excluding carboxylic acids is 2. The lowest BCUT2D eigenvalue weighted by atomic mass is 9.80. The SMILES string of the molecule is CC(C)(C)OC(=O)N1C2COCC1CC(C(=O)c1c(F)ccc(F)c1F)C2. The largest absolute Gasteiger partial charge is 0.444 e. The average Bonchev–Trinajstić information content (AvgIpc) is 2.55. The minimum Gasteiger partial charge on any atom is -0.444 e. The van der Waals surface area contributed by atoms with Gasteiger partial charge in [0.15, 0.2) is 17.4 Å². The van der Waals surface area contributed by atoms with Crippen molar-refractivity contribution < 1.29 is 32.2 Å². The Kier molecular flexibility index (Phi) is 5.20. The molecule has 0 radical (unpaired) electrons. The van der Waals surface area contributed by atoms with Crippen molar-refractivity contribution in [2.24, 2.45) is 5.92 Å². The van der Waals surface area contributed by atoms with E-state index in [2.05, 4.69) is 0 Å². The van der Waals surface area contributed by atoms with Crippen LogP contribution in [0.15, 0.2) is 12.1 Å². The Balaban J connectivity index is 1.82. The predicted octanol–water partition coefficient (Wildman–Crippen LogP) is 3.70. The average molecular weight is 385 g/mol. The van der Waals surface area contributed by atoms with Crippen molar-refractivity contribution in [3.05, 3.63) is 35.1 Å². The number of fused-ring (bicyclic) bond motifs is 2. The number of rotatable bonds is 2. The molecule has 1 aromatic rings. The van der Waals surface area contributed by atoms with Gasteiger partial charge >= 0.3 is 6.09 Å². The molecule has 2 unspecified atom stereocenters. The summed E-state index contributed by atoms with van der Waals surface area (Å²) in [6, 6.07) is 0.502. The molecule has 0 spiro atoms. The number of piperidine rings is 1. The third-order valence-corrected chi connectivity index (χ3v) is 4.79. The first kappa shape index (κ1) is 19.7. The lowest BCUT2D eigenvalue weighted by Gasteiger charge is -2.47. The molecule has 2 atom stereocenters. The van der Waals surface area contributed by atoms with Crippen LogP contribution < -0.4 is 0 Å². The van der Waals surface area contributed by atoms with Gasteiger partial charge in [-0.1, -0.05) is 0 Å². The third kappa shape index (κ3) is 3.95. The summed E-state index contributed by atoms with van der Waals surface area (Å²) < 4.78 is 52.3. The third-order valence-electron chi connectivity index (χ3n) is 4.79. The van der Waals surface area contributed by atoms with Gasteiger partial charge in [0.1, 0.15) is 11.4 Å². The topological polar surface area (TPSA) is 55.8 Å². The van der Waals surface area contributed by atoms with Crippen LogP contribution in [-0.2, 0) is 9.47 Å². The molecule has 5 nitrogen and oxygen atoms in total. The standard InChI is InChI=1S/C19H22F3NO4/c1-19(2,3)27-18(25)23-11-6-10(7-12(23)9-26-8-11)17(24)15-13(20)4-5-14(21)16(15)22/h4-5,10-12H,6-9H2,1-3H3. The molecular formula is C19H22F3NO4. The minimum absolute atomic E-state index is 0.171. The van der Waals surface area contributed by atoms with E-state index in [1.54, 1.807) is 25.7 Å². The van der Waals surface area contributed by atoms with Crippen molar-refractivity contribution >= 4 is 11.9 Å². The molecule has 2 fully saturated rings. The zero-order valence-corrected chi connectivity index (χ0v) is 15.4. The van der Waals surface area contributed by atoms with Crippen LogP contribution >= 0.6 is 0 Å². The van der Waals surface area contributed by atoms with Gasteiger partial charge < -0.3 is 9.47 Å². The van der Waals surface area contributed by atoms with Crippen LogP contribution in [0.4, 0.5) is 18.0 Å². The first-order valence-corrected chi connectivity index (χ1v) is 8.85. The summed E-state index contributed by atoms with van der Waals surface area (Å²) in [5.41, 5.74) is -1.53. The maximum atomic E-state index is 14.0. The van der Waals surface area contributed by atoms with Crippen molar-refractivity contribution in [3.8, 4) is 0 Å². The van der Waals surface area contributed by atoms with Crippen LogP contribution in [0, 0.1) is 23.4 Å². The van der Waals surface area contributed by atoms with Crippen LogP contribution in [0.5, 0.6) is 0 Å². The highest BCUT2D eigenvalue weighted by Crippen LogP contribution is 2.35. The van der Waals surface area contributed by atoms with Gasteiger partial charge in [-0.15, -0.1) is 0 Å². The van der Waals surface area contributed by atoms with E-state index >= 15 is 0 Å². The molecule has 1 aromatic carbocycles. The molecule has 0 aliphatic carbocycles. The van der Waals surface area contributed by atoms with Gasteiger partial charge in [0.2, 0.25) is 0 Å². The lowest BCUT2D eigenvalue weighted by Crippen LogP contribution is -2.60. The fraction of sp³-hybridized carbons (Fsp3) is 0.579. The Morgan fingerprint density at radius 3 is 2.19 bits per heavy atom. The number of ketones is 1. The molecule has 2 heterocycles. The highest BCUT2D eigenvalue weighted by Gasteiger charge is 2.46. The highest BCUT2D eigenvalue weighted by atomic mass is 19.2. The van der Waals surface area contributed by atoms with Crippen LogP contribution in [0.1, 0.15) is 44.0 Å². The first-order chi connectivity index (χ1) is 12.6. The molecule has 2 bridgehead atoms. The molecule has 27 heavy (non-hydrogen) atoms. The van der Waals surface area contributed by atoms with Crippen molar-refractivity contribution in [2.75, 3.05) is 13.2 Å². The second-order valence-electron chi connectivity index (χ2n) is 7.98. The van der Waals surface area contributed by atoms with Gasteiger partial charge in [0, 0.05) is 5.92 Å². The lowest BCUT2D eigenvalue weighted by molar-refractivity contribution is -0.0861. The summed E-state index contributed by atoms with van der Waals surface area (Å²) in [4.78, 5) is 26.8. The van der Waals surface area contributed by atoms with Crippen LogP contribution in [0.2, 0.25) is 0 Å². The van der Waals surface area contributed by atoms with Gasteiger partial charge in [-0.05, 0) is 45.7 Å². The maximum absolute atomic E-state index is 14.0. The van der Waals surface area contributed by atoms with Gasteiger partial charge in [-0.3, -0.25) is 9.69 Å². The van der Waals surface area contributed by atoms with E-state index in [4.69, 9.17) is 9.47 Å². The fourth-order valence-corrected chi connectivity index (χ4v) is 3.70. The Bertz CT molecular complexity index is 748. The summed E-state index contributed by atoms with van der Waals surface area (Å²) in [5.74, 6) is -5.35. The predicted molar refractivity (Wildman–Crippen MR) is 89.8 cm³/mol. The van der Waals surface area contributed by atoms with Crippen LogP contribution in [-0.4, -0.2) is 47.7 Å². The number of Topliss-reactive ketones (excluding diaryl/α,β-unsaturated/α-hetero) is 1. The van der Waals surface area contributed by atoms with Gasteiger partial charge in [0.25, 0.3) is 0 Å². The molecular weight excluding hydrogens is 363 g/mol. The van der Waals surface area contributed by atoms with E-state index in [0.717, 1.165) is 6.07 Å². The Morgan fingerprint density at radius 1 is 1.07 bits per heavy atom. The Morgan fingerprint density at radius 2 is 1.63 bits per heavy atom. The zero-order chi connectivity index (χ0) is 19.9.